The van der Waals surface area contributed by atoms with E-state index in [-0.39, 0.29) is 18.1 Å². The van der Waals surface area contributed by atoms with Crippen molar-refractivity contribution in [2.24, 2.45) is 5.92 Å². The maximum atomic E-state index is 12.2. The zero-order valence-corrected chi connectivity index (χ0v) is 19.8. The van der Waals surface area contributed by atoms with Crippen molar-refractivity contribution in [2.45, 2.75) is 44.4 Å². The fourth-order valence-electron chi connectivity index (χ4n) is 4.54. The number of carbonyl (C=O) groups excluding carboxylic acids is 1. The minimum absolute atomic E-state index is 0.248. The molecule has 0 saturated heterocycles. The highest BCUT2D eigenvalue weighted by atomic mass is 19.4. The molecule has 0 radical (unpaired) electrons. The summed E-state index contributed by atoms with van der Waals surface area (Å²) in [5.41, 5.74) is 3.66. The second-order valence-corrected chi connectivity index (χ2v) is 9.02. The van der Waals surface area contributed by atoms with Crippen molar-refractivity contribution in [1.29, 1.82) is 0 Å². The van der Waals surface area contributed by atoms with Gasteiger partial charge in [-0.15, -0.1) is 13.2 Å². The number of rotatable bonds is 7. The summed E-state index contributed by atoms with van der Waals surface area (Å²) < 4.78 is 40.5. The van der Waals surface area contributed by atoms with Crippen LogP contribution in [0.25, 0.3) is 11.3 Å². The number of ether oxygens (including phenoxy) is 1. The quantitative estimate of drug-likeness (QED) is 0.315. The largest absolute Gasteiger partial charge is 0.573 e. The van der Waals surface area contributed by atoms with Gasteiger partial charge in [0, 0.05) is 17.7 Å². The number of aromatic nitrogens is 1. The van der Waals surface area contributed by atoms with Crippen LogP contribution in [0.1, 0.15) is 43.6 Å². The standard InChI is InChI=1S/C27H26F3N3O4/c28-27(29,30)37-23-12-9-21(10-13-23)32-26(36)33-22-11-14-24(31-16-22)20-7-5-19(6-8-20)18-3-1-17(2-4-18)15-25(34)35/h5-14,16-18H,1-4,15H2,(H,34,35)(H2,32,33,36)/t17-,18-. The molecule has 3 aromatic rings. The second kappa shape index (κ2) is 11.3. The zero-order chi connectivity index (χ0) is 26.4. The van der Waals surface area contributed by atoms with E-state index in [0.717, 1.165) is 49.1 Å². The Morgan fingerprint density at radius 1 is 0.892 bits per heavy atom. The van der Waals surface area contributed by atoms with Gasteiger partial charge >= 0.3 is 18.4 Å². The smallest absolute Gasteiger partial charge is 0.481 e. The molecule has 1 saturated carbocycles. The zero-order valence-electron chi connectivity index (χ0n) is 19.8. The predicted octanol–water partition coefficient (Wildman–Crippen LogP) is 7.04. The van der Waals surface area contributed by atoms with Crippen molar-refractivity contribution < 1.29 is 32.6 Å². The molecule has 10 heteroatoms. The van der Waals surface area contributed by atoms with Crippen LogP contribution in [-0.4, -0.2) is 28.5 Å². The number of amides is 2. The number of hydrogen-bond acceptors (Lipinski definition) is 4. The molecule has 3 N–H and O–H groups in total. The molecule has 1 heterocycles. The third kappa shape index (κ3) is 7.70. The van der Waals surface area contributed by atoms with Crippen molar-refractivity contribution >= 4 is 23.4 Å². The Hall–Kier alpha value is -4.08. The van der Waals surface area contributed by atoms with Gasteiger partial charge in [-0.1, -0.05) is 24.3 Å². The lowest BCUT2D eigenvalue weighted by atomic mass is 9.77. The molecule has 0 spiro atoms. The Kier molecular flexibility index (Phi) is 7.95. The number of nitrogens with one attached hydrogen (secondary N) is 2. The molecular weight excluding hydrogens is 487 g/mol. The van der Waals surface area contributed by atoms with Crippen LogP contribution in [0.2, 0.25) is 0 Å². The van der Waals surface area contributed by atoms with Crippen LogP contribution < -0.4 is 15.4 Å². The molecule has 1 fully saturated rings. The van der Waals surface area contributed by atoms with Crippen LogP contribution in [0.3, 0.4) is 0 Å². The van der Waals surface area contributed by atoms with Crippen molar-refractivity contribution in [1.82, 2.24) is 4.98 Å². The maximum Gasteiger partial charge on any atom is 0.573 e. The van der Waals surface area contributed by atoms with Crippen molar-refractivity contribution in [2.75, 3.05) is 10.6 Å². The number of carbonyl (C=O) groups is 2. The topological polar surface area (TPSA) is 101 Å². The third-order valence-electron chi connectivity index (χ3n) is 6.36. The molecule has 1 aliphatic rings. The van der Waals surface area contributed by atoms with Crippen molar-refractivity contribution in [3.05, 3.63) is 72.4 Å². The minimum atomic E-state index is -4.78. The van der Waals surface area contributed by atoms with Crippen molar-refractivity contribution in [3.8, 4) is 17.0 Å². The number of halogens is 3. The summed E-state index contributed by atoms with van der Waals surface area (Å²) in [5.74, 6) is -0.403. The van der Waals surface area contributed by atoms with Crippen LogP contribution in [0.4, 0.5) is 29.3 Å². The lowest BCUT2D eigenvalue weighted by Crippen LogP contribution is -2.19. The highest BCUT2D eigenvalue weighted by molar-refractivity contribution is 5.99. The first kappa shape index (κ1) is 26.0. The Balaban J connectivity index is 1.29. The predicted molar refractivity (Wildman–Crippen MR) is 132 cm³/mol. The second-order valence-electron chi connectivity index (χ2n) is 9.02. The number of carboxylic acids is 1. The summed E-state index contributed by atoms with van der Waals surface area (Å²) in [6, 6.07) is 15.9. The van der Waals surface area contributed by atoms with E-state index in [2.05, 4.69) is 32.5 Å². The molecule has 1 aromatic heterocycles. The van der Waals surface area contributed by atoms with Crippen LogP contribution in [0, 0.1) is 5.92 Å². The first-order valence-corrected chi connectivity index (χ1v) is 11.9. The first-order chi connectivity index (χ1) is 17.6. The normalized spacial score (nSPS) is 17.6. The molecule has 0 aliphatic heterocycles. The van der Waals surface area contributed by atoms with Gasteiger partial charge in [0.2, 0.25) is 0 Å². The highest BCUT2D eigenvalue weighted by Crippen LogP contribution is 2.37. The molecule has 0 bridgehead atoms. The van der Waals surface area contributed by atoms with Gasteiger partial charge < -0.3 is 20.5 Å². The molecule has 0 unspecified atom stereocenters. The molecule has 1 aliphatic carbocycles. The maximum absolute atomic E-state index is 12.2. The van der Waals surface area contributed by atoms with E-state index >= 15 is 0 Å². The molecule has 2 aromatic carbocycles. The van der Waals surface area contributed by atoms with E-state index in [1.54, 1.807) is 12.1 Å². The number of aliphatic carboxylic acids is 1. The fraction of sp³-hybridized carbons (Fsp3) is 0.296. The van der Waals surface area contributed by atoms with Crippen LogP contribution in [-0.2, 0) is 4.79 Å². The number of pyridine rings is 1. The lowest BCUT2D eigenvalue weighted by molar-refractivity contribution is -0.274. The van der Waals surface area contributed by atoms with Gasteiger partial charge in [-0.25, -0.2) is 4.79 Å². The Morgan fingerprint density at radius 3 is 2.08 bits per heavy atom. The third-order valence-corrected chi connectivity index (χ3v) is 6.36. The summed E-state index contributed by atoms with van der Waals surface area (Å²) in [6.07, 6.45) is 0.829. The number of benzene rings is 2. The molecule has 37 heavy (non-hydrogen) atoms. The molecule has 4 rings (SSSR count). The van der Waals surface area contributed by atoms with Gasteiger partial charge in [0.1, 0.15) is 5.75 Å². The number of carboxylic acid groups (broad SMARTS) is 1. The number of hydrogen-bond donors (Lipinski definition) is 3. The summed E-state index contributed by atoms with van der Waals surface area (Å²) in [5, 5.41) is 14.1. The molecule has 2 amide bonds. The van der Waals surface area contributed by atoms with Gasteiger partial charge in [0.15, 0.2) is 0 Å². The fourth-order valence-corrected chi connectivity index (χ4v) is 4.54. The molecule has 7 nitrogen and oxygen atoms in total. The Bertz CT molecular complexity index is 1210. The molecule has 194 valence electrons. The van der Waals surface area contributed by atoms with E-state index in [0.29, 0.717) is 17.3 Å². The van der Waals surface area contributed by atoms with E-state index in [1.807, 2.05) is 12.1 Å². The van der Waals surface area contributed by atoms with Gasteiger partial charge in [0.05, 0.1) is 17.6 Å². The molecular formula is C27H26F3N3O4. The molecule has 0 atom stereocenters. The monoisotopic (exact) mass is 513 g/mol. The average Bonchev–Trinajstić information content (AvgIpc) is 2.85. The summed E-state index contributed by atoms with van der Waals surface area (Å²) in [4.78, 5) is 27.6. The van der Waals surface area contributed by atoms with E-state index in [9.17, 15) is 22.8 Å². The van der Waals surface area contributed by atoms with E-state index < -0.39 is 18.4 Å². The van der Waals surface area contributed by atoms with E-state index in [4.69, 9.17) is 5.11 Å². The minimum Gasteiger partial charge on any atom is -0.481 e. The average molecular weight is 514 g/mol. The Morgan fingerprint density at radius 2 is 1.51 bits per heavy atom. The SMILES string of the molecule is O=C(O)C[C@H]1CC[C@H](c2ccc(-c3ccc(NC(=O)Nc4ccc(OC(F)(F)F)cc4)cn3)cc2)CC1. The van der Waals surface area contributed by atoms with E-state index in [1.165, 1.54) is 23.9 Å². The van der Waals surface area contributed by atoms with Crippen molar-refractivity contribution in [3.63, 3.8) is 0 Å². The highest BCUT2D eigenvalue weighted by Gasteiger charge is 2.31. The van der Waals surface area contributed by atoms with Gasteiger partial charge in [-0.05, 0) is 79.5 Å². The Labute approximate surface area is 211 Å². The van der Waals surface area contributed by atoms with Crippen LogP contribution in [0.15, 0.2) is 66.9 Å². The van der Waals surface area contributed by atoms with Gasteiger partial charge in [-0.2, -0.15) is 0 Å². The number of nitrogens with zero attached hydrogens (tertiary/aromatic N) is 1. The van der Waals surface area contributed by atoms with Gasteiger partial charge in [-0.3, -0.25) is 9.78 Å². The number of alkyl halides is 3. The van der Waals surface area contributed by atoms with Crippen LogP contribution >= 0.6 is 0 Å². The summed E-state index contributed by atoms with van der Waals surface area (Å²) in [6.45, 7) is 0. The summed E-state index contributed by atoms with van der Waals surface area (Å²) in [7, 11) is 0. The lowest BCUT2D eigenvalue weighted by Gasteiger charge is -2.28. The number of anilines is 2. The summed E-state index contributed by atoms with van der Waals surface area (Å²) >= 11 is 0. The number of urea groups is 1. The van der Waals surface area contributed by atoms with Crippen LogP contribution in [0.5, 0.6) is 5.75 Å². The van der Waals surface area contributed by atoms with Gasteiger partial charge in [0.25, 0.3) is 0 Å². The first-order valence-electron chi connectivity index (χ1n) is 11.9.